The summed E-state index contributed by atoms with van der Waals surface area (Å²) in [5.41, 5.74) is -0.577. The Hall–Kier alpha value is -1.26. The molecule has 1 unspecified atom stereocenters. The molecule has 0 aliphatic rings. The molecule has 19 heavy (non-hydrogen) atoms. The second kappa shape index (κ2) is 5.80. The van der Waals surface area contributed by atoms with Gasteiger partial charge >= 0.3 is 11.9 Å². The number of carbonyl (C=O) groups excluding carboxylic acids is 1. The van der Waals surface area contributed by atoms with Crippen LogP contribution in [-0.2, 0) is 14.3 Å². The van der Waals surface area contributed by atoms with Crippen molar-refractivity contribution in [1.82, 2.24) is 0 Å². The van der Waals surface area contributed by atoms with Crippen molar-refractivity contribution in [3.63, 3.8) is 0 Å². The van der Waals surface area contributed by atoms with Crippen LogP contribution in [0.4, 0.5) is 0 Å². The minimum absolute atomic E-state index is 0.194. The molecule has 0 aliphatic carbocycles. The zero-order valence-corrected chi connectivity index (χ0v) is 12.2. The first kappa shape index (κ1) is 15.8. The Bertz CT molecular complexity index is 486. The molecule has 0 saturated carbocycles. The van der Waals surface area contributed by atoms with Crippen molar-refractivity contribution >= 4 is 35.1 Å². The summed E-state index contributed by atoms with van der Waals surface area (Å²) in [5, 5.41) is 9.71. The molecule has 6 heteroatoms. The number of carboxylic acid groups (broad SMARTS) is 1. The number of carbonyl (C=O) groups is 2. The van der Waals surface area contributed by atoms with Gasteiger partial charge in [0.05, 0.1) is 0 Å². The van der Waals surface area contributed by atoms with Crippen LogP contribution < -0.4 is 0 Å². The lowest BCUT2D eigenvalue weighted by atomic mass is 9.99. The summed E-state index contributed by atoms with van der Waals surface area (Å²) in [5.74, 6) is -3.61. The second-order valence-electron chi connectivity index (χ2n) is 5.01. The van der Waals surface area contributed by atoms with Crippen LogP contribution in [0.25, 0.3) is 0 Å². The maximum Gasteiger partial charge on any atom is 0.325 e. The van der Waals surface area contributed by atoms with Crippen LogP contribution in [0.5, 0.6) is 0 Å². The third-order valence-corrected chi connectivity index (χ3v) is 2.54. The van der Waals surface area contributed by atoms with Gasteiger partial charge in [-0.1, -0.05) is 23.2 Å². The number of carboxylic acids is 1. The summed E-state index contributed by atoms with van der Waals surface area (Å²) in [7, 11) is 0. The first-order chi connectivity index (χ1) is 8.60. The van der Waals surface area contributed by atoms with E-state index in [1.165, 1.54) is 18.2 Å². The Labute approximate surface area is 121 Å². The van der Waals surface area contributed by atoms with Gasteiger partial charge in [0, 0.05) is 10.0 Å². The molecule has 0 bridgehead atoms. The minimum atomic E-state index is -1.45. The maximum absolute atomic E-state index is 11.9. The van der Waals surface area contributed by atoms with Crippen molar-refractivity contribution in [3.8, 4) is 0 Å². The molecule has 0 saturated heterocycles. The van der Waals surface area contributed by atoms with Crippen molar-refractivity contribution in [2.75, 3.05) is 0 Å². The van der Waals surface area contributed by atoms with Crippen molar-refractivity contribution in [3.05, 3.63) is 33.8 Å². The molecule has 4 nitrogen and oxygen atoms in total. The standard InChI is InChI=1S/C13H14Cl2O4/c1-13(2,3)19-12(18)10(11(16)17)7-4-8(14)6-9(15)5-7/h4-6,10H,1-3H3,(H,16,17). The fraction of sp³-hybridized carbons (Fsp3) is 0.385. The highest BCUT2D eigenvalue weighted by Gasteiger charge is 2.33. The molecule has 1 atom stereocenters. The third kappa shape index (κ3) is 4.73. The molecule has 0 radical (unpaired) electrons. The molecule has 0 heterocycles. The highest BCUT2D eigenvalue weighted by atomic mass is 35.5. The Morgan fingerprint density at radius 3 is 2.00 bits per heavy atom. The fourth-order valence-corrected chi connectivity index (χ4v) is 2.02. The molecule has 0 aromatic heterocycles. The second-order valence-corrected chi connectivity index (χ2v) is 5.88. The van der Waals surface area contributed by atoms with E-state index in [4.69, 9.17) is 27.9 Å². The predicted octanol–water partition coefficient (Wildman–Crippen LogP) is 3.50. The lowest BCUT2D eigenvalue weighted by Gasteiger charge is -2.22. The van der Waals surface area contributed by atoms with Gasteiger partial charge in [0.1, 0.15) is 5.60 Å². The zero-order valence-electron chi connectivity index (χ0n) is 10.7. The van der Waals surface area contributed by atoms with Crippen LogP contribution in [-0.4, -0.2) is 22.6 Å². The summed E-state index contributed by atoms with van der Waals surface area (Å²) in [4.78, 5) is 23.2. The number of benzene rings is 1. The number of ether oxygens (including phenoxy) is 1. The topological polar surface area (TPSA) is 63.6 Å². The molecule has 0 fully saturated rings. The van der Waals surface area contributed by atoms with Crippen LogP contribution in [0, 0.1) is 0 Å². The van der Waals surface area contributed by atoms with Crippen LogP contribution in [0.3, 0.4) is 0 Å². The Morgan fingerprint density at radius 2 is 1.63 bits per heavy atom. The highest BCUT2D eigenvalue weighted by molar-refractivity contribution is 6.34. The lowest BCUT2D eigenvalue weighted by Crippen LogP contribution is -2.31. The molecular formula is C13H14Cl2O4. The van der Waals surface area contributed by atoms with E-state index in [2.05, 4.69) is 0 Å². The molecular weight excluding hydrogens is 291 g/mol. The molecule has 0 amide bonds. The van der Waals surface area contributed by atoms with E-state index in [9.17, 15) is 14.7 Å². The van der Waals surface area contributed by atoms with Gasteiger partial charge in [-0.2, -0.15) is 0 Å². The number of rotatable bonds is 3. The van der Waals surface area contributed by atoms with Crippen LogP contribution in [0.2, 0.25) is 10.0 Å². The van der Waals surface area contributed by atoms with Gasteiger partial charge in [-0.15, -0.1) is 0 Å². The summed E-state index contributed by atoms with van der Waals surface area (Å²) in [6, 6.07) is 4.23. The Kier molecular flexibility index (Phi) is 4.82. The van der Waals surface area contributed by atoms with Gasteiger partial charge in [0.25, 0.3) is 0 Å². The molecule has 104 valence electrons. The fourth-order valence-electron chi connectivity index (χ4n) is 1.48. The third-order valence-electron chi connectivity index (χ3n) is 2.11. The quantitative estimate of drug-likeness (QED) is 0.685. The number of aliphatic carboxylic acids is 1. The normalized spacial score (nSPS) is 12.9. The van der Waals surface area contributed by atoms with E-state index >= 15 is 0 Å². The molecule has 0 aliphatic heterocycles. The SMILES string of the molecule is CC(C)(C)OC(=O)C(C(=O)O)c1cc(Cl)cc(Cl)c1. The maximum atomic E-state index is 11.9. The van der Waals surface area contributed by atoms with Crippen molar-refractivity contribution in [2.45, 2.75) is 32.3 Å². The molecule has 1 rings (SSSR count). The highest BCUT2D eigenvalue weighted by Crippen LogP contribution is 2.27. The van der Waals surface area contributed by atoms with E-state index in [0.29, 0.717) is 0 Å². The van der Waals surface area contributed by atoms with Gasteiger partial charge in [-0.25, -0.2) is 0 Å². The average Bonchev–Trinajstić information content (AvgIpc) is 2.11. The molecule has 1 aromatic rings. The van der Waals surface area contributed by atoms with Crippen molar-refractivity contribution in [1.29, 1.82) is 0 Å². The van der Waals surface area contributed by atoms with Gasteiger partial charge in [-0.05, 0) is 44.5 Å². The molecule has 1 N–H and O–H groups in total. The summed E-state index contributed by atoms with van der Waals surface area (Å²) >= 11 is 11.6. The number of halogens is 2. The minimum Gasteiger partial charge on any atom is -0.480 e. The number of esters is 1. The van der Waals surface area contributed by atoms with Crippen LogP contribution >= 0.6 is 23.2 Å². The summed E-state index contributed by atoms with van der Waals surface area (Å²) in [6.07, 6.45) is 0. The Morgan fingerprint density at radius 1 is 1.16 bits per heavy atom. The van der Waals surface area contributed by atoms with Gasteiger partial charge in [0.2, 0.25) is 0 Å². The monoisotopic (exact) mass is 304 g/mol. The smallest absolute Gasteiger partial charge is 0.325 e. The van der Waals surface area contributed by atoms with Crippen LogP contribution in [0.1, 0.15) is 32.3 Å². The summed E-state index contributed by atoms with van der Waals surface area (Å²) < 4.78 is 5.09. The van der Waals surface area contributed by atoms with E-state index in [0.717, 1.165) is 0 Å². The van der Waals surface area contributed by atoms with Crippen molar-refractivity contribution < 1.29 is 19.4 Å². The van der Waals surface area contributed by atoms with E-state index in [1.54, 1.807) is 20.8 Å². The summed E-state index contributed by atoms with van der Waals surface area (Å²) in [6.45, 7) is 4.98. The van der Waals surface area contributed by atoms with Gasteiger partial charge in [-0.3, -0.25) is 9.59 Å². The number of hydrogen-bond donors (Lipinski definition) is 1. The first-order valence-corrected chi connectivity index (χ1v) is 6.27. The number of hydrogen-bond acceptors (Lipinski definition) is 3. The molecule has 1 aromatic carbocycles. The van der Waals surface area contributed by atoms with Crippen molar-refractivity contribution in [2.24, 2.45) is 0 Å². The Balaban J connectivity index is 3.14. The van der Waals surface area contributed by atoms with E-state index in [1.807, 2.05) is 0 Å². The van der Waals surface area contributed by atoms with E-state index < -0.39 is 23.5 Å². The first-order valence-electron chi connectivity index (χ1n) is 5.52. The van der Waals surface area contributed by atoms with Crippen LogP contribution in [0.15, 0.2) is 18.2 Å². The zero-order chi connectivity index (χ0) is 14.8. The average molecular weight is 305 g/mol. The van der Waals surface area contributed by atoms with E-state index in [-0.39, 0.29) is 15.6 Å². The predicted molar refractivity (Wildman–Crippen MR) is 72.7 cm³/mol. The largest absolute Gasteiger partial charge is 0.480 e. The van der Waals surface area contributed by atoms with Gasteiger partial charge in [0.15, 0.2) is 5.92 Å². The van der Waals surface area contributed by atoms with Gasteiger partial charge < -0.3 is 9.84 Å². The lowest BCUT2D eigenvalue weighted by molar-refractivity contribution is -0.162. The molecule has 0 spiro atoms.